The molecule has 0 aliphatic rings. The number of pyridine rings is 1. The van der Waals surface area contributed by atoms with Crippen molar-refractivity contribution in [3.05, 3.63) is 24.0 Å². The quantitative estimate of drug-likeness (QED) is 0.776. The molecule has 0 radical (unpaired) electrons. The van der Waals surface area contributed by atoms with Crippen LogP contribution in [0.4, 0.5) is 5.69 Å². The van der Waals surface area contributed by atoms with Gasteiger partial charge < -0.3 is 5.32 Å². The molecule has 0 spiro atoms. The lowest BCUT2D eigenvalue weighted by Crippen LogP contribution is -2.05. The normalized spacial score (nSPS) is 9.31. The zero-order valence-electron chi connectivity index (χ0n) is 10.7. The minimum atomic E-state index is 0.611. The number of hydrogen-bond donors (Lipinski definition) is 1. The van der Waals surface area contributed by atoms with Crippen LogP contribution in [0, 0.1) is 5.92 Å². The summed E-state index contributed by atoms with van der Waals surface area (Å²) in [6, 6.07) is 1.81. The molecule has 0 saturated heterocycles. The molecular formula is C13H22N2O. The summed E-state index contributed by atoms with van der Waals surface area (Å²) in [7, 11) is 0. The highest BCUT2D eigenvalue weighted by Crippen LogP contribution is 2.07. The monoisotopic (exact) mass is 222 g/mol. The van der Waals surface area contributed by atoms with Gasteiger partial charge in [0.15, 0.2) is 6.29 Å². The largest absolute Gasteiger partial charge is 0.384 e. The van der Waals surface area contributed by atoms with Gasteiger partial charge in [0.2, 0.25) is 0 Å². The molecule has 0 atom stereocenters. The summed E-state index contributed by atoms with van der Waals surface area (Å²) in [6.07, 6.45) is 5.21. The number of aldehydes is 1. The Hall–Kier alpha value is -1.38. The number of rotatable bonds is 5. The average molecular weight is 222 g/mol. The SMILES string of the molecule is CC.CC(C)CCNc1cncc(C=O)c1. The Morgan fingerprint density at radius 1 is 1.38 bits per heavy atom. The third-order valence-electron chi connectivity index (χ3n) is 1.95. The van der Waals surface area contributed by atoms with Crippen molar-refractivity contribution in [2.75, 3.05) is 11.9 Å². The van der Waals surface area contributed by atoms with E-state index in [1.54, 1.807) is 18.5 Å². The van der Waals surface area contributed by atoms with Crippen LogP contribution in [0.25, 0.3) is 0 Å². The molecule has 1 heterocycles. The van der Waals surface area contributed by atoms with Gasteiger partial charge in [0.1, 0.15) is 0 Å². The highest BCUT2D eigenvalue weighted by molar-refractivity contribution is 5.75. The Balaban J connectivity index is 0.00000106. The smallest absolute Gasteiger partial charge is 0.151 e. The van der Waals surface area contributed by atoms with E-state index >= 15 is 0 Å². The third-order valence-corrected chi connectivity index (χ3v) is 1.95. The molecule has 90 valence electrons. The maximum Gasteiger partial charge on any atom is 0.151 e. The minimum Gasteiger partial charge on any atom is -0.384 e. The van der Waals surface area contributed by atoms with Crippen molar-refractivity contribution in [2.45, 2.75) is 34.1 Å². The van der Waals surface area contributed by atoms with E-state index in [0.29, 0.717) is 11.5 Å². The lowest BCUT2D eigenvalue weighted by molar-refractivity contribution is 0.112. The third kappa shape index (κ3) is 6.17. The van der Waals surface area contributed by atoms with Crippen molar-refractivity contribution in [1.29, 1.82) is 0 Å². The fourth-order valence-electron chi connectivity index (χ4n) is 1.12. The van der Waals surface area contributed by atoms with Gasteiger partial charge in [0.25, 0.3) is 0 Å². The molecule has 1 aromatic rings. The summed E-state index contributed by atoms with van der Waals surface area (Å²) >= 11 is 0. The zero-order chi connectivity index (χ0) is 12.4. The van der Waals surface area contributed by atoms with Crippen LogP contribution >= 0.6 is 0 Å². The second-order valence-corrected chi connectivity index (χ2v) is 3.73. The summed E-state index contributed by atoms with van der Waals surface area (Å²) < 4.78 is 0. The van der Waals surface area contributed by atoms with Crippen molar-refractivity contribution in [3.63, 3.8) is 0 Å². The van der Waals surface area contributed by atoms with Crippen molar-refractivity contribution in [2.24, 2.45) is 5.92 Å². The number of nitrogens with one attached hydrogen (secondary N) is 1. The second kappa shape index (κ2) is 8.89. The Morgan fingerprint density at radius 3 is 2.62 bits per heavy atom. The Labute approximate surface area is 98.3 Å². The first-order valence-electron chi connectivity index (χ1n) is 5.86. The Morgan fingerprint density at radius 2 is 2.06 bits per heavy atom. The fourth-order valence-corrected chi connectivity index (χ4v) is 1.12. The van der Waals surface area contributed by atoms with Crippen LogP contribution in [0.5, 0.6) is 0 Å². The fraction of sp³-hybridized carbons (Fsp3) is 0.538. The number of aromatic nitrogens is 1. The molecule has 3 heteroatoms. The molecule has 1 N–H and O–H groups in total. The number of hydrogen-bond acceptors (Lipinski definition) is 3. The standard InChI is InChI=1S/C11H16N2O.C2H6/c1-9(2)3-4-13-11-5-10(8-14)6-12-7-11;1-2/h5-9,13H,3-4H2,1-2H3;1-2H3. The van der Waals surface area contributed by atoms with Crippen LogP contribution in [0.1, 0.15) is 44.5 Å². The second-order valence-electron chi connectivity index (χ2n) is 3.73. The number of carbonyl (C=O) groups excluding carboxylic acids is 1. The molecular weight excluding hydrogens is 200 g/mol. The molecule has 1 aromatic heterocycles. The van der Waals surface area contributed by atoms with Crippen molar-refractivity contribution < 1.29 is 4.79 Å². The molecule has 0 saturated carbocycles. The van der Waals surface area contributed by atoms with E-state index in [1.807, 2.05) is 13.8 Å². The summed E-state index contributed by atoms with van der Waals surface area (Å²) in [5.41, 5.74) is 1.52. The van der Waals surface area contributed by atoms with Gasteiger partial charge in [0.05, 0.1) is 5.69 Å². The van der Waals surface area contributed by atoms with E-state index < -0.39 is 0 Å². The summed E-state index contributed by atoms with van der Waals surface area (Å²) in [4.78, 5) is 14.4. The molecule has 0 bridgehead atoms. The average Bonchev–Trinajstić information content (AvgIpc) is 2.31. The molecule has 0 aliphatic carbocycles. The summed E-state index contributed by atoms with van der Waals surface area (Å²) in [6.45, 7) is 9.28. The molecule has 0 aliphatic heterocycles. The van der Waals surface area contributed by atoms with Crippen LogP contribution in [0.2, 0.25) is 0 Å². The van der Waals surface area contributed by atoms with Crippen molar-refractivity contribution >= 4 is 12.0 Å². The van der Waals surface area contributed by atoms with Crippen LogP contribution in [-0.2, 0) is 0 Å². The van der Waals surface area contributed by atoms with E-state index in [9.17, 15) is 4.79 Å². The van der Waals surface area contributed by atoms with Gasteiger partial charge in [0, 0.05) is 24.5 Å². The Bertz CT molecular complexity index is 298. The van der Waals surface area contributed by atoms with Crippen LogP contribution < -0.4 is 5.32 Å². The van der Waals surface area contributed by atoms with Crippen LogP contribution in [0.3, 0.4) is 0 Å². The molecule has 0 amide bonds. The van der Waals surface area contributed by atoms with Gasteiger partial charge in [-0.1, -0.05) is 27.7 Å². The topological polar surface area (TPSA) is 42.0 Å². The molecule has 0 unspecified atom stereocenters. The van der Waals surface area contributed by atoms with Gasteiger partial charge in [-0.05, 0) is 18.4 Å². The van der Waals surface area contributed by atoms with Crippen molar-refractivity contribution in [1.82, 2.24) is 4.98 Å². The highest BCUT2D eigenvalue weighted by atomic mass is 16.1. The predicted octanol–water partition coefficient (Wildman–Crippen LogP) is 3.38. The Kier molecular flexibility index (Phi) is 8.12. The van der Waals surface area contributed by atoms with Crippen molar-refractivity contribution in [3.8, 4) is 0 Å². The molecule has 0 fully saturated rings. The number of carbonyl (C=O) groups is 1. The van der Waals surface area contributed by atoms with Crippen LogP contribution in [0.15, 0.2) is 18.5 Å². The highest BCUT2D eigenvalue weighted by Gasteiger charge is 1.96. The maximum absolute atomic E-state index is 10.5. The molecule has 1 rings (SSSR count). The van der Waals surface area contributed by atoms with Gasteiger partial charge in [-0.2, -0.15) is 0 Å². The van der Waals surface area contributed by atoms with Crippen LogP contribution in [-0.4, -0.2) is 17.8 Å². The molecule has 3 nitrogen and oxygen atoms in total. The number of anilines is 1. The van der Waals surface area contributed by atoms with Gasteiger partial charge in [-0.15, -0.1) is 0 Å². The zero-order valence-corrected chi connectivity index (χ0v) is 10.7. The minimum absolute atomic E-state index is 0.611. The first-order chi connectivity index (χ1) is 7.72. The van der Waals surface area contributed by atoms with Gasteiger partial charge >= 0.3 is 0 Å². The van der Waals surface area contributed by atoms with E-state index in [0.717, 1.165) is 24.9 Å². The van der Waals surface area contributed by atoms with Gasteiger partial charge in [-0.3, -0.25) is 9.78 Å². The predicted molar refractivity (Wildman–Crippen MR) is 68.9 cm³/mol. The van der Waals surface area contributed by atoms with E-state index in [2.05, 4.69) is 24.1 Å². The number of nitrogens with zero attached hydrogens (tertiary/aromatic N) is 1. The lowest BCUT2D eigenvalue weighted by atomic mass is 10.1. The maximum atomic E-state index is 10.5. The van der Waals surface area contributed by atoms with Gasteiger partial charge in [-0.25, -0.2) is 0 Å². The summed E-state index contributed by atoms with van der Waals surface area (Å²) in [5.74, 6) is 0.685. The lowest BCUT2D eigenvalue weighted by Gasteiger charge is -2.07. The summed E-state index contributed by atoms with van der Waals surface area (Å²) in [5, 5.41) is 3.23. The first kappa shape index (κ1) is 14.6. The van der Waals surface area contributed by atoms with E-state index in [1.165, 1.54) is 0 Å². The molecule has 0 aromatic carbocycles. The molecule has 16 heavy (non-hydrogen) atoms. The van der Waals surface area contributed by atoms with E-state index in [4.69, 9.17) is 0 Å². The first-order valence-corrected chi connectivity index (χ1v) is 5.86. The van der Waals surface area contributed by atoms with E-state index in [-0.39, 0.29) is 0 Å².